The molecule has 0 saturated heterocycles. The van der Waals surface area contributed by atoms with Crippen molar-refractivity contribution in [3.8, 4) is 0 Å². The highest BCUT2D eigenvalue weighted by molar-refractivity contribution is 5.85. The van der Waals surface area contributed by atoms with Crippen LogP contribution >= 0.6 is 24.8 Å². The molecule has 0 heterocycles. The molecule has 58 valence electrons. The van der Waals surface area contributed by atoms with Gasteiger partial charge in [0.05, 0.1) is 6.10 Å². The van der Waals surface area contributed by atoms with Gasteiger partial charge < -0.3 is 4.74 Å². The summed E-state index contributed by atoms with van der Waals surface area (Å²) in [6.07, 6.45) is 0.0255. The predicted octanol–water partition coefficient (Wildman–Crippen LogP) is 1.80. The van der Waals surface area contributed by atoms with Crippen molar-refractivity contribution in [1.82, 2.24) is 0 Å². The van der Waals surface area contributed by atoms with Crippen LogP contribution in [-0.4, -0.2) is 12.1 Å². The number of hydrogen-bond donors (Lipinski definition) is 0. The zero-order valence-corrected chi connectivity index (χ0v) is 7.34. The summed E-state index contributed by atoms with van der Waals surface area (Å²) in [4.78, 5) is 10.0. The first kappa shape index (κ1) is 16.0. The lowest BCUT2D eigenvalue weighted by Gasteiger charge is -2.01. The normalized spacial score (nSPS) is 7.11. The fraction of sp³-hybridized carbons (Fsp3) is 0.800. The maximum atomic E-state index is 10.0. The molecule has 0 aliphatic heterocycles. The lowest BCUT2D eigenvalue weighted by molar-refractivity contribution is -0.144. The molecule has 0 radical (unpaired) electrons. The molecule has 0 aromatic carbocycles. The minimum Gasteiger partial charge on any atom is -0.463 e. The lowest BCUT2D eigenvalue weighted by atomic mass is 10.5. The quantitative estimate of drug-likeness (QED) is 0.568. The van der Waals surface area contributed by atoms with E-state index < -0.39 is 0 Å². The van der Waals surface area contributed by atoms with Crippen molar-refractivity contribution in [3.63, 3.8) is 0 Å². The van der Waals surface area contributed by atoms with Crippen LogP contribution in [0.15, 0.2) is 0 Å². The highest BCUT2D eigenvalue weighted by Crippen LogP contribution is 1.85. The predicted molar refractivity (Wildman–Crippen MR) is 41.4 cm³/mol. The molecule has 0 aliphatic rings. The van der Waals surface area contributed by atoms with Gasteiger partial charge in [0.1, 0.15) is 0 Å². The zero-order chi connectivity index (χ0) is 5.86. The van der Waals surface area contributed by atoms with Gasteiger partial charge in [0.25, 0.3) is 0 Å². The third kappa shape index (κ3) is 18.0. The van der Waals surface area contributed by atoms with Crippen molar-refractivity contribution < 1.29 is 9.53 Å². The molecule has 0 aromatic rings. The lowest BCUT2D eigenvalue weighted by Crippen LogP contribution is -2.06. The fourth-order valence-corrected chi connectivity index (χ4v) is 0.332. The first-order chi connectivity index (χ1) is 3.13. The van der Waals surface area contributed by atoms with Crippen molar-refractivity contribution in [3.05, 3.63) is 0 Å². The van der Waals surface area contributed by atoms with E-state index in [1.54, 1.807) is 0 Å². The van der Waals surface area contributed by atoms with Gasteiger partial charge in [-0.2, -0.15) is 0 Å². The van der Waals surface area contributed by atoms with Gasteiger partial charge in [-0.1, -0.05) is 0 Å². The zero-order valence-electron chi connectivity index (χ0n) is 5.71. The summed E-state index contributed by atoms with van der Waals surface area (Å²) >= 11 is 0. The third-order valence-corrected chi connectivity index (χ3v) is 0.402. The van der Waals surface area contributed by atoms with E-state index in [9.17, 15) is 4.79 Å². The first-order valence-electron chi connectivity index (χ1n) is 2.30. The summed E-state index contributed by atoms with van der Waals surface area (Å²) in [5.41, 5.74) is 0. The summed E-state index contributed by atoms with van der Waals surface area (Å²) < 4.78 is 4.61. The Hall–Kier alpha value is 0.0500. The molecule has 0 rings (SSSR count). The molecular formula is C5H12Cl2O2. The van der Waals surface area contributed by atoms with E-state index in [4.69, 9.17) is 0 Å². The number of esters is 1. The van der Waals surface area contributed by atoms with Crippen LogP contribution in [0.25, 0.3) is 0 Å². The molecule has 0 saturated carbocycles. The van der Waals surface area contributed by atoms with E-state index in [0.717, 1.165) is 0 Å². The Balaban J connectivity index is -0.000000180. The van der Waals surface area contributed by atoms with Crippen LogP contribution in [-0.2, 0) is 9.53 Å². The Kier molecular flexibility index (Phi) is 14.3. The van der Waals surface area contributed by atoms with Crippen LogP contribution in [0.3, 0.4) is 0 Å². The van der Waals surface area contributed by atoms with Crippen LogP contribution in [0.5, 0.6) is 0 Å². The van der Waals surface area contributed by atoms with Gasteiger partial charge in [0, 0.05) is 6.92 Å². The number of halogens is 2. The number of carbonyl (C=O) groups is 1. The van der Waals surface area contributed by atoms with Gasteiger partial charge in [-0.25, -0.2) is 0 Å². The number of hydrogen-bond acceptors (Lipinski definition) is 2. The van der Waals surface area contributed by atoms with Crippen molar-refractivity contribution in [2.45, 2.75) is 26.9 Å². The highest BCUT2D eigenvalue weighted by Gasteiger charge is 1.93. The standard InChI is InChI=1S/C5H10O2.2ClH/c1-4(2)7-5(3)6;;/h4H,1-3H3;2*1H. The summed E-state index contributed by atoms with van der Waals surface area (Å²) in [7, 11) is 0. The Morgan fingerprint density at radius 2 is 1.67 bits per heavy atom. The van der Waals surface area contributed by atoms with Crippen molar-refractivity contribution >= 4 is 30.8 Å². The molecule has 9 heavy (non-hydrogen) atoms. The molecule has 0 N–H and O–H groups in total. The topological polar surface area (TPSA) is 26.3 Å². The second-order valence-electron chi connectivity index (χ2n) is 1.66. The van der Waals surface area contributed by atoms with Crippen LogP contribution < -0.4 is 0 Å². The SMILES string of the molecule is CC(=O)OC(C)C.Cl.Cl. The van der Waals surface area contributed by atoms with Gasteiger partial charge in [-0.3, -0.25) is 4.79 Å². The van der Waals surface area contributed by atoms with E-state index in [-0.39, 0.29) is 36.9 Å². The Morgan fingerprint density at radius 3 is 1.67 bits per heavy atom. The molecule has 4 heteroatoms. The van der Waals surface area contributed by atoms with Gasteiger partial charge in [-0.15, -0.1) is 24.8 Å². The van der Waals surface area contributed by atoms with E-state index in [2.05, 4.69) is 4.74 Å². The summed E-state index contributed by atoms with van der Waals surface area (Å²) in [5, 5.41) is 0. The van der Waals surface area contributed by atoms with E-state index in [1.165, 1.54) is 6.92 Å². The minimum absolute atomic E-state index is 0. The average Bonchev–Trinajstić information content (AvgIpc) is 1.27. The highest BCUT2D eigenvalue weighted by atomic mass is 35.5. The summed E-state index contributed by atoms with van der Waals surface area (Å²) in [6, 6.07) is 0. The summed E-state index contributed by atoms with van der Waals surface area (Å²) in [5.74, 6) is -0.213. The number of ether oxygens (including phenoxy) is 1. The van der Waals surface area contributed by atoms with Crippen molar-refractivity contribution in [2.75, 3.05) is 0 Å². The molecule has 0 aromatic heterocycles. The second kappa shape index (κ2) is 8.05. The number of rotatable bonds is 1. The van der Waals surface area contributed by atoms with Crippen molar-refractivity contribution in [2.24, 2.45) is 0 Å². The maximum absolute atomic E-state index is 10.0. The fourth-order valence-electron chi connectivity index (χ4n) is 0.332. The Bertz CT molecular complexity index is 73.4. The van der Waals surface area contributed by atoms with Crippen LogP contribution in [0, 0.1) is 0 Å². The average molecular weight is 175 g/mol. The maximum Gasteiger partial charge on any atom is 0.302 e. The molecule has 0 atom stereocenters. The second-order valence-corrected chi connectivity index (χ2v) is 1.66. The molecule has 0 bridgehead atoms. The molecule has 0 unspecified atom stereocenters. The summed E-state index contributed by atoms with van der Waals surface area (Å²) in [6.45, 7) is 5.04. The van der Waals surface area contributed by atoms with Gasteiger partial charge in [-0.05, 0) is 13.8 Å². The van der Waals surface area contributed by atoms with E-state index >= 15 is 0 Å². The Labute approximate surface area is 67.8 Å². The molecule has 0 aliphatic carbocycles. The van der Waals surface area contributed by atoms with Crippen LogP contribution in [0.2, 0.25) is 0 Å². The molecular weight excluding hydrogens is 163 g/mol. The first-order valence-corrected chi connectivity index (χ1v) is 2.30. The molecule has 0 fully saturated rings. The monoisotopic (exact) mass is 174 g/mol. The molecule has 2 nitrogen and oxygen atoms in total. The smallest absolute Gasteiger partial charge is 0.302 e. The largest absolute Gasteiger partial charge is 0.463 e. The van der Waals surface area contributed by atoms with E-state index in [1.807, 2.05) is 13.8 Å². The van der Waals surface area contributed by atoms with Crippen LogP contribution in [0.1, 0.15) is 20.8 Å². The van der Waals surface area contributed by atoms with Gasteiger partial charge in [0.15, 0.2) is 0 Å². The van der Waals surface area contributed by atoms with Gasteiger partial charge >= 0.3 is 5.97 Å². The number of carbonyl (C=O) groups excluding carboxylic acids is 1. The van der Waals surface area contributed by atoms with Gasteiger partial charge in [0.2, 0.25) is 0 Å². The molecule has 0 spiro atoms. The minimum atomic E-state index is -0.213. The third-order valence-electron chi connectivity index (χ3n) is 0.402. The van der Waals surface area contributed by atoms with E-state index in [0.29, 0.717) is 0 Å². The molecule has 0 amide bonds. The van der Waals surface area contributed by atoms with Crippen molar-refractivity contribution in [1.29, 1.82) is 0 Å². The Morgan fingerprint density at radius 1 is 1.33 bits per heavy atom. The van der Waals surface area contributed by atoms with Crippen LogP contribution in [0.4, 0.5) is 0 Å².